The lowest BCUT2D eigenvalue weighted by Gasteiger charge is -2.14. The van der Waals surface area contributed by atoms with Crippen LogP contribution in [0.2, 0.25) is 0 Å². The van der Waals surface area contributed by atoms with Gasteiger partial charge in [0.2, 0.25) is 0 Å². The van der Waals surface area contributed by atoms with Gasteiger partial charge in [0.1, 0.15) is 0 Å². The predicted octanol–water partition coefficient (Wildman–Crippen LogP) is 2.13. The fourth-order valence-electron chi connectivity index (χ4n) is 0.309. The van der Waals surface area contributed by atoms with E-state index >= 15 is 0 Å². The van der Waals surface area contributed by atoms with Gasteiger partial charge in [0.25, 0.3) is 0 Å². The Morgan fingerprint density at radius 2 is 2.00 bits per heavy atom. The molecule has 2 heteroatoms. The van der Waals surface area contributed by atoms with Crippen molar-refractivity contribution in [2.75, 3.05) is 5.75 Å². The van der Waals surface area contributed by atoms with E-state index in [9.17, 15) is 4.79 Å². The summed E-state index contributed by atoms with van der Waals surface area (Å²) in [6.07, 6.45) is 0. The number of thioether (sulfide) groups is 1. The highest BCUT2D eigenvalue weighted by atomic mass is 32.2. The molecule has 0 aromatic carbocycles. The molecule has 0 saturated carbocycles. The van der Waals surface area contributed by atoms with E-state index in [1.807, 2.05) is 20.8 Å². The Hall–Kier alpha value is 0.0200. The summed E-state index contributed by atoms with van der Waals surface area (Å²) >= 11 is 1.29. The molecule has 0 amide bonds. The largest absolute Gasteiger partial charge is 0.287 e. The number of hydrogen-bond acceptors (Lipinski definition) is 2. The lowest BCUT2D eigenvalue weighted by atomic mass is 10.00. The SMILES string of the molecule is [CH2]CSC(=O)C(C)(C)C. The van der Waals surface area contributed by atoms with E-state index in [4.69, 9.17) is 0 Å². The molecule has 0 aromatic rings. The summed E-state index contributed by atoms with van der Waals surface area (Å²) in [5.74, 6) is 0.635. The summed E-state index contributed by atoms with van der Waals surface area (Å²) in [5, 5.41) is 0.220. The van der Waals surface area contributed by atoms with Crippen molar-refractivity contribution in [3.63, 3.8) is 0 Å². The topological polar surface area (TPSA) is 17.1 Å². The molecule has 0 spiro atoms. The van der Waals surface area contributed by atoms with Gasteiger partial charge in [0.15, 0.2) is 5.12 Å². The first-order chi connectivity index (χ1) is 3.98. The Balaban J connectivity index is 3.74. The Kier molecular flexibility index (Phi) is 3.26. The lowest BCUT2D eigenvalue weighted by Crippen LogP contribution is -2.16. The van der Waals surface area contributed by atoms with Crippen LogP contribution < -0.4 is 0 Å². The van der Waals surface area contributed by atoms with Crippen LogP contribution in [0.15, 0.2) is 0 Å². The molecule has 1 nitrogen and oxygen atoms in total. The smallest absolute Gasteiger partial charge is 0.194 e. The molecule has 0 rings (SSSR count). The third kappa shape index (κ3) is 3.57. The van der Waals surface area contributed by atoms with Crippen molar-refractivity contribution >= 4 is 16.9 Å². The Morgan fingerprint density at radius 1 is 1.56 bits per heavy atom. The Bertz CT molecular complexity index is 102. The maximum absolute atomic E-state index is 11.0. The molecule has 0 aliphatic rings. The van der Waals surface area contributed by atoms with Gasteiger partial charge >= 0.3 is 0 Å². The Morgan fingerprint density at radius 3 is 2.11 bits per heavy atom. The maximum Gasteiger partial charge on any atom is 0.194 e. The quantitative estimate of drug-likeness (QED) is 0.562. The molecule has 0 unspecified atom stereocenters. The first-order valence-electron chi connectivity index (χ1n) is 2.95. The monoisotopic (exact) mass is 145 g/mol. The van der Waals surface area contributed by atoms with E-state index in [1.165, 1.54) is 11.8 Å². The number of rotatable bonds is 1. The van der Waals surface area contributed by atoms with Gasteiger partial charge in [-0.15, -0.1) is 0 Å². The van der Waals surface area contributed by atoms with Crippen LogP contribution in [0.25, 0.3) is 0 Å². The number of carbonyl (C=O) groups excluding carboxylic acids is 1. The minimum absolute atomic E-state index is 0.206. The molecule has 0 fully saturated rings. The van der Waals surface area contributed by atoms with Gasteiger partial charge in [-0.1, -0.05) is 32.5 Å². The zero-order valence-corrected chi connectivity index (χ0v) is 7.05. The molecule has 0 aliphatic carbocycles. The van der Waals surface area contributed by atoms with Crippen molar-refractivity contribution in [3.8, 4) is 0 Å². The van der Waals surface area contributed by atoms with Gasteiger partial charge in [-0.05, 0) is 6.92 Å². The molecule has 0 saturated heterocycles. The fourth-order valence-corrected chi connectivity index (χ4v) is 0.928. The van der Waals surface area contributed by atoms with Crippen LogP contribution in [0, 0.1) is 12.3 Å². The van der Waals surface area contributed by atoms with Crippen LogP contribution in [-0.2, 0) is 4.79 Å². The van der Waals surface area contributed by atoms with Crippen LogP contribution in [-0.4, -0.2) is 10.9 Å². The molecule has 0 aromatic heterocycles. The first-order valence-corrected chi connectivity index (χ1v) is 3.93. The van der Waals surface area contributed by atoms with Crippen LogP contribution in [0.1, 0.15) is 20.8 Å². The lowest BCUT2D eigenvalue weighted by molar-refractivity contribution is -0.117. The van der Waals surface area contributed by atoms with Gasteiger partial charge in [0, 0.05) is 11.2 Å². The average Bonchev–Trinajstić information content (AvgIpc) is 1.64. The van der Waals surface area contributed by atoms with E-state index in [0.29, 0.717) is 5.75 Å². The molecule has 1 radical (unpaired) electrons. The number of hydrogen-bond donors (Lipinski definition) is 0. The standard InChI is InChI=1S/C7H13OS/c1-5-9-6(8)7(2,3)4/h1,5H2,2-4H3. The van der Waals surface area contributed by atoms with E-state index in [2.05, 4.69) is 6.92 Å². The highest BCUT2D eigenvalue weighted by molar-refractivity contribution is 8.13. The summed E-state index contributed by atoms with van der Waals surface area (Å²) in [4.78, 5) is 11.0. The molecule has 0 atom stereocenters. The molecule has 0 N–H and O–H groups in total. The van der Waals surface area contributed by atoms with Crippen molar-refractivity contribution in [1.82, 2.24) is 0 Å². The highest BCUT2D eigenvalue weighted by Crippen LogP contribution is 2.21. The van der Waals surface area contributed by atoms with Crippen LogP contribution in [0.4, 0.5) is 0 Å². The molecular weight excluding hydrogens is 132 g/mol. The van der Waals surface area contributed by atoms with Gasteiger partial charge in [-0.3, -0.25) is 4.79 Å². The van der Waals surface area contributed by atoms with Crippen molar-refractivity contribution in [2.45, 2.75) is 20.8 Å². The molecule has 9 heavy (non-hydrogen) atoms. The van der Waals surface area contributed by atoms with Gasteiger partial charge in [-0.2, -0.15) is 0 Å². The van der Waals surface area contributed by atoms with E-state index < -0.39 is 0 Å². The highest BCUT2D eigenvalue weighted by Gasteiger charge is 2.20. The van der Waals surface area contributed by atoms with Crippen molar-refractivity contribution in [1.29, 1.82) is 0 Å². The first kappa shape index (κ1) is 9.02. The third-order valence-corrected chi connectivity index (χ3v) is 1.92. The second-order valence-corrected chi connectivity index (χ2v) is 3.95. The normalized spacial score (nSPS) is 11.6. The fraction of sp³-hybridized carbons (Fsp3) is 0.714. The predicted molar refractivity (Wildman–Crippen MR) is 42.3 cm³/mol. The zero-order valence-electron chi connectivity index (χ0n) is 6.23. The summed E-state index contributed by atoms with van der Waals surface area (Å²) < 4.78 is 0. The van der Waals surface area contributed by atoms with Crippen LogP contribution in [0.5, 0.6) is 0 Å². The van der Waals surface area contributed by atoms with Crippen LogP contribution in [0.3, 0.4) is 0 Å². The van der Waals surface area contributed by atoms with E-state index in [-0.39, 0.29) is 10.5 Å². The summed E-state index contributed by atoms with van der Waals surface area (Å²) in [7, 11) is 0. The molecular formula is C7H13OS. The second-order valence-electron chi connectivity index (χ2n) is 2.89. The molecule has 0 bridgehead atoms. The molecule has 0 heterocycles. The Labute approximate surface area is 61.2 Å². The van der Waals surface area contributed by atoms with Gasteiger partial charge < -0.3 is 0 Å². The van der Waals surface area contributed by atoms with Crippen molar-refractivity contribution < 1.29 is 4.79 Å². The second kappa shape index (κ2) is 3.25. The minimum atomic E-state index is -0.206. The molecule has 53 valence electrons. The summed E-state index contributed by atoms with van der Waals surface area (Å²) in [6.45, 7) is 9.33. The zero-order chi connectivity index (χ0) is 7.49. The summed E-state index contributed by atoms with van der Waals surface area (Å²) in [5.41, 5.74) is -0.206. The average molecular weight is 145 g/mol. The van der Waals surface area contributed by atoms with Crippen molar-refractivity contribution in [2.24, 2.45) is 5.41 Å². The minimum Gasteiger partial charge on any atom is -0.287 e. The van der Waals surface area contributed by atoms with Crippen molar-refractivity contribution in [3.05, 3.63) is 6.92 Å². The maximum atomic E-state index is 11.0. The van der Waals surface area contributed by atoms with Crippen LogP contribution >= 0.6 is 11.8 Å². The summed E-state index contributed by atoms with van der Waals surface area (Å²) in [6, 6.07) is 0. The van der Waals surface area contributed by atoms with Gasteiger partial charge in [0.05, 0.1) is 0 Å². The third-order valence-electron chi connectivity index (χ3n) is 0.846. The van der Waals surface area contributed by atoms with Gasteiger partial charge in [-0.25, -0.2) is 0 Å². The number of carbonyl (C=O) groups is 1. The molecule has 0 aliphatic heterocycles. The van der Waals surface area contributed by atoms with E-state index in [1.54, 1.807) is 0 Å². The van der Waals surface area contributed by atoms with E-state index in [0.717, 1.165) is 0 Å².